The summed E-state index contributed by atoms with van der Waals surface area (Å²) < 4.78 is 15.2. The summed E-state index contributed by atoms with van der Waals surface area (Å²) in [7, 11) is 0.640. The molecule has 0 aliphatic rings. The summed E-state index contributed by atoms with van der Waals surface area (Å²) in [6, 6.07) is 4.82. The molecule has 4 heteroatoms. The van der Waals surface area contributed by atoms with Gasteiger partial charge in [-0.05, 0) is 35.7 Å². The Balaban J connectivity index is 2.52. The number of aromatic nitrogens is 2. The Morgan fingerprint density at radius 3 is 2.42 bits per heavy atom. The Morgan fingerprint density at radius 2 is 1.89 bits per heavy atom. The second-order valence-electron chi connectivity index (χ2n) is 5.99. The van der Waals surface area contributed by atoms with Crippen molar-refractivity contribution >= 4 is 13.3 Å². The van der Waals surface area contributed by atoms with Gasteiger partial charge in [-0.3, -0.25) is 0 Å². The van der Waals surface area contributed by atoms with Crippen LogP contribution in [0.1, 0.15) is 5.56 Å². The summed E-state index contributed by atoms with van der Waals surface area (Å²) in [6.45, 7) is 8.80. The second kappa shape index (κ2) is 4.85. The lowest BCUT2D eigenvalue weighted by Gasteiger charge is -2.14. The molecule has 0 fully saturated rings. The van der Waals surface area contributed by atoms with Crippen molar-refractivity contribution in [1.82, 2.24) is 4.98 Å². The average Bonchev–Trinajstić information content (AvgIpc) is 2.28. The van der Waals surface area contributed by atoms with Gasteiger partial charge in [-0.2, -0.15) is 0 Å². The minimum absolute atomic E-state index is 0.206. The maximum absolute atomic E-state index is 13.2. The van der Waals surface area contributed by atoms with Gasteiger partial charge in [0.15, 0.2) is 0 Å². The molecule has 1 heterocycles. The van der Waals surface area contributed by atoms with E-state index in [1.807, 2.05) is 24.7 Å². The number of rotatable bonds is 2. The smallest absolute Gasteiger partial charge is 0.233 e. The number of hydrogen-bond donors (Lipinski definition) is 0. The fourth-order valence-electron chi connectivity index (χ4n) is 2.05. The molecule has 0 saturated heterocycles. The van der Waals surface area contributed by atoms with E-state index in [1.54, 1.807) is 12.1 Å². The third kappa shape index (κ3) is 2.89. The van der Waals surface area contributed by atoms with Gasteiger partial charge in [0.2, 0.25) is 0 Å². The third-order valence-electron chi connectivity index (χ3n) is 3.29. The summed E-state index contributed by atoms with van der Waals surface area (Å²) >= 11 is 0. The zero-order chi connectivity index (χ0) is 14.2. The van der Waals surface area contributed by atoms with Crippen LogP contribution in [-0.2, 0) is 7.05 Å². The van der Waals surface area contributed by atoms with Crippen molar-refractivity contribution < 1.29 is 8.96 Å². The molecule has 0 unspecified atom stereocenters. The minimum Gasteiger partial charge on any atom is -0.233 e. The van der Waals surface area contributed by atoms with Gasteiger partial charge < -0.3 is 0 Å². The maximum Gasteiger partial charge on any atom is 0.330 e. The van der Waals surface area contributed by atoms with Crippen LogP contribution in [0.15, 0.2) is 30.6 Å². The molecule has 1 aromatic carbocycles. The molecule has 1 aromatic heterocycles. The normalized spacial score (nSPS) is 11.7. The summed E-state index contributed by atoms with van der Waals surface area (Å²) in [6.07, 6.45) is 4.11. The molecule has 0 bridgehead atoms. The number of nitrogens with zero attached hydrogens (tertiary/aromatic N) is 2. The Kier molecular flexibility index (Phi) is 3.54. The van der Waals surface area contributed by atoms with E-state index in [2.05, 4.69) is 30.8 Å². The zero-order valence-corrected chi connectivity index (χ0v) is 13.2. The predicted octanol–water partition coefficient (Wildman–Crippen LogP) is 2.57. The first-order valence-electron chi connectivity index (χ1n) is 6.42. The molecule has 2 nitrogen and oxygen atoms in total. The van der Waals surface area contributed by atoms with Gasteiger partial charge >= 0.3 is 5.82 Å². The molecule has 2 rings (SSSR count). The molecule has 2 aromatic rings. The summed E-state index contributed by atoms with van der Waals surface area (Å²) in [5, 5.41) is 1.32. The first kappa shape index (κ1) is 13.9. The molecule has 0 aliphatic carbocycles. The van der Waals surface area contributed by atoms with E-state index in [9.17, 15) is 4.39 Å². The van der Waals surface area contributed by atoms with E-state index < -0.39 is 8.07 Å². The second-order valence-corrected chi connectivity index (χ2v) is 11.1. The van der Waals surface area contributed by atoms with E-state index in [-0.39, 0.29) is 5.82 Å². The molecule has 19 heavy (non-hydrogen) atoms. The van der Waals surface area contributed by atoms with E-state index in [0.717, 1.165) is 17.0 Å². The standard InChI is InChI=1S/C15H20FN2Si/c1-11-8-12(16)6-7-14(11)15-17-9-13(10-18(15)2)19(3,4)5/h6-10H,1-5H3/q+1. The Labute approximate surface area is 115 Å². The van der Waals surface area contributed by atoms with Gasteiger partial charge in [0.25, 0.3) is 0 Å². The van der Waals surface area contributed by atoms with Crippen LogP contribution in [0.25, 0.3) is 11.4 Å². The Morgan fingerprint density at radius 1 is 1.21 bits per heavy atom. The van der Waals surface area contributed by atoms with Crippen LogP contribution < -0.4 is 9.75 Å². The largest absolute Gasteiger partial charge is 0.330 e. The van der Waals surface area contributed by atoms with Crippen molar-refractivity contribution in [3.05, 3.63) is 42.0 Å². The van der Waals surface area contributed by atoms with E-state index in [4.69, 9.17) is 0 Å². The lowest BCUT2D eigenvalue weighted by atomic mass is 10.1. The Hall–Kier alpha value is -1.55. The highest BCUT2D eigenvalue weighted by molar-refractivity contribution is 6.88. The molecule has 0 saturated carbocycles. The summed E-state index contributed by atoms with van der Waals surface area (Å²) in [4.78, 5) is 4.58. The van der Waals surface area contributed by atoms with Crippen LogP contribution in [0.5, 0.6) is 0 Å². The van der Waals surface area contributed by atoms with Crippen LogP contribution >= 0.6 is 0 Å². The number of halogens is 1. The fraction of sp³-hybridized carbons (Fsp3) is 0.333. The van der Waals surface area contributed by atoms with Crippen molar-refractivity contribution in [2.24, 2.45) is 7.05 Å². The molecule has 0 atom stereocenters. The number of hydrogen-bond acceptors (Lipinski definition) is 1. The molecule has 0 spiro atoms. The van der Waals surface area contributed by atoms with Gasteiger partial charge in [-0.1, -0.05) is 19.6 Å². The first-order chi connectivity index (χ1) is 8.79. The van der Waals surface area contributed by atoms with Crippen LogP contribution in [0.3, 0.4) is 0 Å². The molecule has 100 valence electrons. The Bertz CT molecular complexity index is 618. The zero-order valence-electron chi connectivity index (χ0n) is 12.2. The average molecular weight is 275 g/mol. The SMILES string of the molecule is Cc1cc(F)ccc1-c1ncc([Si](C)(C)C)c[n+]1C. The summed E-state index contributed by atoms with van der Waals surface area (Å²) in [5.74, 6) is 0.669. The summed E-state index contributed by atoms with van der Waals surface area (Å²) in [5.41, 5.74) is 1.88. The van der Waals surface area contributed by atoms with E-state index in [1.165, 1.54) is 11.3 Å². The monoisotopic (exact) mass is 275 g/mol. The van der Waals surface area contributed by atoms with Gasteiger partial charge in [-0.25, -0.2) is 8.96 Å². The fourth-order valence-corrected chi connectivity index (χ4v) is 3.08. The predicted molar refractivity (Wildman–Crippen MR) is 78.5 cm³/mol. The lowest BCUT2D eigenvalue weighted by molar-refractivity contribution is -0.662. The first-order valence-corrected chi connectivity index (χ1v) is 9.92. The van der Waals surface area contributed by atoms with Crippen molar-refractivity contribution in [3.63, 3.8) is 0 Å². The maximum atomic E-state index is 13.2. The number of benzene rings is 1. The lowest BCUT2D eigenvalue weighted by Crippen LogP contribution is -2.45. The molecule has 0 N–H and O–H groups in total. The van der Waals surface area contributed by atoms with Gasteiger partial charge in [0.05, 0.1) is 26.9 Å². The quantitative estimate of drug-likeness (QED) is 0.608. The topological polar surface area (TPSA) is 16.8 Å². The van der Waals surface area contributed by atoms with Crippen molar-refractivity contribution in [2.45, 2.75) is 26.6 Å². The van der Waals surface area contributed by atoms with Gasteiger partial charge in [-0.15, -0.1) is 0 Å². The van der Waals surface area contributed by atoms with Gasteiger partial charge in [0, 0.05) is 5.19 Å². The molecule has 0 radical (unpaired) electrons. The van der Waals surface area contributed by atoms with Gasteiger partial charge in [0.1, 0.15) is 12.0 Å². The van der Waals surface area contributed by atoms with Crippen molar-refractivity contribution in [2.75, 3.05) is 0 Å². The highest BCUT2D eigenvalue weighted by Crippen LogP contribution is 2.18. The molecular formula is C15H20FN2Si+. The highest BCUT2D eigenvalue weighted by atomic mass is 28.3. The molecular weight excluding hydrogens is 255 g/mol. The number of aryl methyl sites for hydroxylation is 2. The molecule has 0 amide bonds. The van der Waals surface area contributed by atoms with Crippen LogP contribution in [0, 0.1) is 12.7 Å². The van der Waals surface area contributed by atoms with E-state index in [0.29, 0.717) is 0 Å². The minimum atomic E-state index is -1.35. The van der Waals surface area contributed by atoms with Crippen molar-refractivity contribution in [3.8, 4) is 11.4 Å². The van der Waals surface area contributed by atoms with Crippen molar-refractivity contribution in [1.29, 1.82) is 0 Å². The molecule has 0 aliphatic heterocycles. The van der Waals surface area contributed by atoms with Crippen LogP contribution in [0.4, 0.5) is 4.39 Å². The highest BCUT2D eigenvalue weighted by Gasteiger charge is 2.23. The van der Waals surface area contributed by atoms with Crippen LogP contribution in [-0.4, -0.2) is 13.1 Å². The third-order valence-corrected chi connectivity index (χ3v) is 5.28. The van der Waals surface area contributed by atoms with Crippen LogP contribution in [0.2, 0.25) is 19.6 Å². The van der Waals surface area contributed by atoms with E-state index >= 15 is 0 Å².